The molecule has 28 heavy (non-hydrogen) atoms. The van der Waals surface area contributed by atoms with Crippen LogP contribution >= 0.6 is 35.6 Å². The zero-order valence-electron chi connectivity index (χ0n) is 16.2. The molecule has 1 saturated carbocycles. The molecule has 0 saturated heterocycles. The first kappa shape index (κ1) is 22.7. The van der Waals surface area contributed by atoms with Gasteiger partial charge in [-0.3, -0.25) is 9.79 Å². The number of halogens is 2. The molecule has 1 aliphatic carbocycles. The molecule has 5 nitrogen and oxygen atoms in total. The number of hydrogen-bond acceptors (Lipinski definition) is 2. The lowest BCUT2D eigenvalue weighted by Gasteiger charge is -2.19. The predicted molar refractivity (Wildman–Crippen MR) is 127 cm³/mol. The molecule has 1 aliphatic rings. The molecule has 152 valence electrons. The highest BCUT2D eigenvalue weighted by molar-refractivity contribution is 14.0. The summed E-state index contributed by atoms with van der Waals surface area (Å²) in [6.45, 7) is 2.42. The van der Waals surface area contributed by atoms with Gasteiger partial charge in [0, 0.05) is 49.4 Å². The van der Waals surface area contributed by atoms with E-state index in [1.807, 2.05) is 24.4 Å². The number of nitrogens with one attached hydrogen (secondary N) is 2. The van der Waals surface area contributed by atoms with Gasteiger partial charge < -0.3 is 15.2 Å². The molecule has 0 aliphatic heterocycles. The van der Waals surface area contributed by atoms with Crippen molar-refractivity contribution in [2.45, 2.75) is 37.6 Å². The minimum atomic E-state index is 0. The van der Waals surface area contributed by atoms with Crippen LogP contribution in [-0.4, -0.2) is 30.7 Å². The Morgan fingerprint density at radius 3 is 2.68 bits per heavy atom. The van der Waals surface area contributed by atoms with Gasteiger partial charge in [0.25, 0.3) is 0 Å². The van der Waals surface area contributed by atoms with E-state index in [1.54, 1.807) is 23.7 Å². The van der Waals surface area contributed by atoms with E-state index in [2.05, 4.69) is 27.8 Å². The third kappa shape index (κ3) is 6.24. The van der Waals surface area contributed by atoms with Gasteiger partial charge in [-0.2, -0.15) is 0 Å². The minimum absolute atomic E-state index is 0. The number of pyridine rings is 1. The van der Waals surface area contributed by atoms with Gasteiger partial charge in [-0.05, 0) is 49.4 Å². The quantitative estimate of drug-likeness (QED) is 0.244. The van der Waals surface area contributed by atoms with E-state index in [4.69, 9.17) is 11.6 Å². The number of benzene rings is 1. The number of hydrogen-bond donors (Lipinski definition) is 2. The van der Waals surface area contributed by atoms with Crippen molar-refractivity contribution in [3.05, 3.63) is 69.6 Å². The monoisotopic (exact) mass is 514 g/mol. The Hall–Kier alpha value is -1.54. The van der Waals surface area contributed by atoms with E-state index in [0.717, 1.165) is 43.5 Å². The molecule has 1 aromatic carbocycles. The second kappa shape index (κ2) is 10.9. The van der Waals surface area contributed by atoms with E-state index in [-0.39, 0.29) is 35.0 Å². The van der Waals surface area contributed by atoms with Crippen molar-refractivity contribution in [3.8, 4) is 0 Å². The highest BCUT2D eigenvalue weighted by Gasteiger charge is 2.44. The number of nitrogens with zero attached hydrogens (tertiary/aromatic N) is 2. The summed E-state index contributed by atoms with van der Waals surface area (Å²) < 4.78 is 1.74. The molecule has 1 fully saturated rings. The van der Waals surface area contributed by atoms with E-state index in [0.29, 0.717) is 0 Å². The molecule has 0 unspecified atom stereocenters. The number of aryl methyl sites for hydroxylation is 1. The Morgan fingerprint density at radius 1 is 1.18 bits per heavy atom. The van der Waals surface area contributed by atoms with Gasteiger partial charge in [-0.15, -0.1) is 24.0 Å². The molecular weight excluding hydrogens is 487 g/mol. The topological polar surface area (TPSA) is 58.4 Å². The molecule has 0 atom stereocenters. The zero-order chi connectivity index (χ0) is 19.1. The standard InChI is InChI=1S/C21H27ClN4O.HI/c1-23-20(24-12-3-5-14-26-13-4-2-9-19(26)27)25-16-21(10-11-21)17-7-6-8-18(22)15-17;/h2,4,6-9,13,15H,3,5,10-12,14,16H2,1H3,(H2,23,24,25);1H. The normalized spacial score (nSPS) is 14.9. The summed E-state index contributed by atoms with van der Waals surface area (Å²) in [5, 5.41) is 7.60. The van der Waals surface area contributed by atoms with Crippen LogP contribution < -0.4 is 16.2 Å². The van der Waals surface area contributed by atoms with Gasteiger partial charge >= 0.3 is 0 Å². The molecule has 2 N–H and O–H groups in total. The van der Waals surface area contributed by atoms with Crippen molar-refractivity contribution in [3.63, 3.8) is 0 Å². The largest absolute Gasteiger partial charge is 0.356 e. The maximum atomic E-state index is 11.7. The fraction of sp³-hybridized carbons (Fsp3) is 0.429. The second-order valence-electron chi connectivity index (χ2n) is 7.08. The van der Waals surface area contributed by atoms with Crippen LogP contribution in [-0.2, 0) is 12.0 Å². The second-order valence-corrected chi connectivity index (χ2v) is 7.52. The molecule has 7 heteroatoms. The summed E-state index contributed by atoms with van der Waals surface area (Å²) in [6.07, 6.45) is 6.09. The lowest BCUT2D eigenvalue weighted by Crippen LogP contribution is -2.41. The van der Waals surface area contributed by atoms with Crippen molar-refractivity contribution in [2.75, 3.05) is 20.1 Å². The average molecular weight is 515 g/mol. The smallest absolute Gasteiger partial charge is 0.250 e. The first-order chi connectivity index (χ1) is 13.1. The summed E-state index contributed by atoms with van der Waals surface area (Å²) in [5.41, 5.74) is 1.53. The van der Waals surface area contributed by atoms with Gasteiger partial charge in [0.05, 0.1) is 0 Å². The molecule has 0 radical (unpaired) electrons. The summed E-state index contributed by atoms with van der Waals surface area (Å²) in [6, 6.07) is 13.4. The van der Waals surface area contributed by atoms with Crippen LogP contribution in [0.4, 0.5) is 0 Å². The van der Waals surface area contributed by atoms with Crippen LogP contribution in [0, 0.1) is 0 Å². The Balaban J connectivity index is 0.00000280. The van der Waals surface area contributed by atoms with Crippen molar-refractivity contribution >= 4 is 41.5 Å². The van der Waals surface area contributed by atoms with Crippen molar-refractivity contribution < 1.29 is 0 Å². The van der Waals surface area contributed by atoms with Gasteiger partial charge in [-0.25, -0.2) is 0 Å². The zero-order valence-corrected chi connectivity index (χ0v) is 19.2. The molecule has 3 rings (SSSR count). The number of unbranched alkanes of at least 4 members (excludes halogenated alkanes) is 1. The molecular formula is C21H28ClIN4O. The Morgan fingerprint density at radius 2 is 2.00 bits per heavy atom. The van der Waals surface area contributed by atoms with E-state index >= 15 is 0 Å². The number of aliphatic imine (C=N–C) groups is 1. The number of guanidine groups is 1. The predicted octanol–water partition coefficient (Wildman–Crippen LogP) is 3.80. The third-order valence-corrected chi connectivity index (χ3v) is 5.36. The van der Waals surface area contributed by atoms with E-state index < -0.39 is 0 Å². The summed E-state index contributed by atoms with van der Waals surface area (Å²) in [5.74, 6) is 0.820. The van der Waals surface area contributed by atoms with Crippen molar-refractivity contribution in [1.82, 2.24) is 15.2 Å². The SMILES string of the molecule is CN=C(NCCCCn1ccccc1=O)NCC1(c2cccc(Cl)c2)CC1.I. The first-order valence-electron chi connectivity index (χ1n) is 9.49. The van der Waals surface area contributed by atoms with E-state index in [1.165, 1.54) is 18.4 Å². The minimum Gasteiger partial charge on any atom is -0.356 e. The Bertz CT molecular complexity index is 848. The van der Waals surface area contributed by atoms with Crippen LogP contribution in [0.2, 0.25) is 5.02 Å². The van der Waals surface area contributed by atoms with Crippen molar-refractivity contribution in [2.24, 2.45) is 4.99 Å². The van der Waals surface area contributed by atoms with Gasteiger partial charge in [-0.1, -0.05) is 29.8 Å². The van der Waals surface area contributed by atoms with Gasteiger partial charge in [0.15, 0.2) is 5.96 Å². The number of rotatable bonds is 8. The average Bonchev–Trinajstić information content (AvgIpc) is 3.46. The van der Waals surface area contributed by atoms with Crippen LogP contribution in [0.5, 0.6) is 0 Å². The fourth-order valence-electron chi connectivity index (χ4n) is 3.27. The Labute approximate surface area is 188 Å². The fourth-order valence-corrected chi connectivity index (χ4v) is 3.46. The van der Waals surface area contributed by atoms with Crippen LogP contribution in [0.3, 0.4) is 0 Å². The maximum Gasteiger partial charge on any atom is 0.250 e. The Kier molecular flexibility index (Phi) is 8.82. The van der Waals surface area contributed by atoms with Gasteiger partial charge in [0.2, 0.25) is 5.56 Å². The molecule has 0 bridgehead atoms. The summed E-state index contributed by atoms with van der Waals surface area (Å²) in [7, 11) is 1.79. The van der Waals surface area contributed by atoms with Crippen molar-refractivity contribution in [1.29, 1.82) is 0 Å². The molecule has 0 spiro atoms. The highest BCUT2D eigenvalue weighted by atomic mass is 127. The highest BCUT2D eigenvalue weighted by Crippen LogP contribution is 2.48. The summed E-state index contributed by atoms with van der Waals surface area (Å²) in [4.78, 5) is 16.0. The van der Waals surface area contributed by atoms with Crippen LogP contribution in [0.1, 0.15) is 31.2 Å². The van der Waals surface area contributed by atoms with Crippen LogP contribution in [0.15, 0.2) is 58.4 Å². The van der Waals surface area contributed by atoms with E-state index in [9.17, 15) is 4.79 Å². The maximum absolute atomic E-state index is 11.7. The summed E-state index contributed by atoms with van der Waals surface area (Å²) >= 11 is 6.14. The lowest BCUT2D eigenvalue weighted by atomic mass is 9.96. The molecule has 2 aromatic rings. The first-order valence-corrected chi connectivity index (χ1v) is 9.87. The molecule has 1 heterocycles. The van der Waals surface area contributed by atoms with Gasteiger partial charge in [0.1, 0.15) is 0 Å². The molecule has 0 amide bonds. The molecule has 1 aromatic heterocycles. The van der Waals surface area contributed by atoms with Crippen LogP contribution in [0.25, 0.3) is 0 Å². The third-order valence-electron chi connectivity index (χ3n) is 5.13. The lowest BCUT2D eigenvalue weighted by molar-refractivity contribution is 0.582. The number of aromatic nitrogens is 1.